The predicted molar refractivity (Wildman–Crippen MR) is 77.4 cm³/mol. The largest absolute Gasteiger partial charge is 0.333 e. The summed E-state index contributed by atoms with van der Waals surface area (Å²) >= 11 is 5.82. The van der Waals surface area contributed by atoms with Crippen LogP contribution in [0.4, 0.5) is 0 Å². The fourth-order valence-corrected chi connectivity index (χ4v) is 2.23. The minimum Gasteiger partial charge on any atom is -0.333 e. The van der Waals surface area contributed by atoms with Crippen molar-refractivity contribution in [3.63, 3.8) is 0 Å². The molecule has 0 aromatic heterocycles. The fourth-order valence-electron chi connectivity index (χ4n) is 2.10. The molecule has 1 fully saturated rings. The van der Waals surface area contributed by atoms with Crippen LogP contribution in [0.5, 0.6) is 0 Å². The van der Waals surface area contributed by atoms with E-state index in [1.807, 2.05) is 12.1 Å². The molecule has 2 rings (SSSR count). The molecular formula is C14H18ClN3O2. The number of likely N-dealkylation sites (N-methyl/N-ethyl adjacent to an activating group) is 1. The van der Waals surface area contributed by atoms with E-state index in [1.54, 1.807) is 24.1 Å². The molecule has 20 heavy (non-hydrogen) atoms. The Morgan fingerprint density at radius 2 is 1.85 bits per heavy atom. The van der Waals surface area contributed by atoms with Crippen LogP contribution in [0.3, 0.4) is 0 Å². The number of benzene rings is 1. The van der Waals surface area contributed by atoms with Crippen LogP contribution >= 0.6 is 11.6 Å². The van der Waals surface area contributed by atoms with Crippen LogP contribution in [-0.4, -0.2) is 54.8 Å². The molecule has 1 aliphatic rings. The van der Waals surface area contributed by atoms with Gasteiger partial charge in [-0.1, -0.05) is 23.7 Å². The van der Waals surface area contributed by atoms with Crippen molar-refractivity contribution in [1.29, 1.82) is 0 Å². The summed E-state index contributed by atoms with van der Waals surface area (Å²) in [5.41, 5.74) is 0.943. The molecule has 0 atom stereocenters. The topological polar surface area (TPSA) is 52.7 Å². The summed E-state index contributed by atoms with van der Waals surface area (Å²) < 4.78 is 0. The van der Waals surface area contributed by atoms with E-state index in [0.29, 0.717) is 24.7 Å². The lowest BCUT2D eigenvalue weighted by molar-refractivity contribution is -0.151. The maximum absolute atomic E-state index is 12.1. The highest BCUT2D eigenvalue weighted by molar-refractivity contribution is 6.34. The zero-order valence-corrected chi connectivity index (χ0v) is 12.2. The first-order valence-electron chi connectivity index (χ1n) is 6.57. The Morgan fingerprint density at radius 1 is 1.25 bits per heavy atom. The molecule has 0 unspecified atom stereocenters. The summed E-state index contributed by atoms with van der Waals surface area (Å²) in [6.07, 6.45) is 0. The predicted octanol–water partition coefficient (Wildman–Crippen LogP) is 0.730. The second-order valence-corrected chi connectivity index (χ2v) is 5.27. The lowest BCUT2D eigenvalue weighted by atomic mass is 10.2. The van der Waals surface area contributed by atoms with Gasteiger partial charge in [0.1, 0.15) is 0 Å². The van der Waals surface area contributed by atoms with Crippen LogP contribution in [0.1, 0.15) is 5.56 Å². The van der Waals surface area contributed by atoms with E-state index < -0.39 is 11.8 Å². The van der Waals surface area contributed by atoms with E-state index in [9.17, 15) is 9.59 Å². The molecule has 0 radical (unpaired) electrons. The molecule has 0 aliphatic carbocycles. The Bertz CT molecular complexity index is 484. The average Bonchev–Trinajstić information content (AvgIpc) is 2.49. The number of amides is 2. The van der Waals surface area contributed by atoms with E-state index >= 15 is 0 Å². The molecule has 6 heteroatoms. The monoisotopic (exact) mass is 295 g/mol. The van der Waals surface area contributed by atoms with Gasteiger partial charge in [0.15, 0.2) is 0 Å². The number of carbonyl (C=O) groups is 2. The first-order valence-corrected chi connectivity index (χ1v) is 6.95. The Labute approximate surface area is 123 Å². The van der Waals surface area contributed by atoms with Gasteiger partial charge in [0.2, 0.25) is 0 Å². The zero-order valence-electron chi connectivity index (χ0n) is 11.4. The molecule has 1 aromatic carbocycles. The molecule has 0 bridgehead atoms. The third-order valence-electron chi connectivity index (χ3n) is 3.27. The number of halogens is 1. The summed E-state index contributed by atoms with van der Waals surface area (Å²) in [6.45, 7) is 3.03. The van der Waals surface area contributed by atoms with E-state index in [2.05, 4.69) is 5.32 Å². The van der Waals surface area contributed by atoms with Crippen LogP contribution in [0.15, 0.2) is 24.3 Å². The molecule has 0 spiro atoms. The van der Waals surface area contributed by atoms with Gasteiger partial charge in [-0.25, -0.2) is 0 Å². The molecular weight excluding hydrogens is 278 g/mol. The summed E-state index contributed by atoms with van der Waals surface area (Å²) in [6, 6.07) is 7.24. The van der Waals surface area contributed by atoms with Crippen molar-refractivity contribution in [1.82, 2.24) is 15.1 Å². The Hall–Kier alpha value is -1.59. The normalized spacial score (nSPS) is 15.0. The Morgan fingerprint density at radius 3 is 2.45 bits per heavy atom. The van der Waals surface area contributed by atoms with Gasteiger partial charge in [0.25, 0.3) is 0 Å². The third-order valence-corrected chi connectivity index (χ3v) is 3.52. The van der Waals surface area contributed by atoms with Crippen molar-refractivity contribution in [3.05, 3.63) is 34.9 Å². The first-order chi connectivity index (χ1) is 9.58. The average molecular weight is 296 g/mol. The minimum atomic E-state index is -0.471. The highest BCUT2D eigenvalue weighted by atomic mass is 35.5. The maximum Gasteiger partial charge on any atom is 0.312 e. The SMILES string of the molecule is CN(Cc1ccc(Cl)cc1)C(=O)C(=O)N1CCNCC1. The van der Waals surface area contributed by atoms with Crippen LogP contribution in [0.2, 0.25) is 5.02 Å². The van der Waals surface area contributed by atoms with Gasteiger partial charge in [-0.2, -0.15) is 0 Å². The van der Waals surface area contributed by atoms with E-state index in [-0.39, 0.29) is 0 Å². The van der Waals surface area contributed by atoms with Gasteiger partial charge in [-0.3, -0.25) is 9.59 Å². The number of hydrogen-bond acceptors (Lipinski definition) is 3. The Balaban J connectivity index is 1.93. The Kier molecular flexibility index (Phi) is 4.98. The van der Waals surface area contributed by atoms with Gasteiger partial charge in [-0.15, -0.1) is 0 Å². The molecule has 1 heterocycles. The molecule has 0 saturated carbocycles. The van der Waals surface area contributed by atoms with E-state index in [1.165, 1.54) is 4.90 Å². The van der Waals surface area contributed by atoms with Crippen LogP contribution < -0.4 is 5.32 Å². The smallest absolute Gasteiger partial charge is 0.312 e. The number of hydrogen-bond donors (Lipinski definition) is 1. The van der Waals surface area contributed by atoms with E-state index in [4.69, 9.17) is 11.6 Å². The zero-order chi connectivity index (χ0) is 14.5. The fraction of sp³-hybridized carbons (Fsp3) is 0.429. The molecule has 108 valence electrons. The number of nitrogens with zero attached hydrogens (tertiary/aromatic N) is 2. The highest BCUT2D eigenvalue weighted by Crippen LogP contribution is 2.11. The summed E-state index contributed by atoms with van der Waals surface area (Å²) in [5.74, 6) is -0.898. The molecule has 5 nitrogen and oxygen atoms in total. The van der Waals surface area contributed by atoms with Crippen molar-refractivity contribution < 1.29 is 9.59 Å². The van der Waals surface area contributed by atoms with Gasteiger partial charge in [-0.05, 0) is 17.7 Å². The summed E-state index contributed by atoms with van der Waals surface area (Å²) in [5, 5.41) is 3.80. The van der Waals surface area contributed by atoms with Crippen molar-refractivity contribution in [3.8, 4) is 0 Å². The van der Waals surface area contributed by atoms with Gasteiger partial charge in [0.05, 0.1) is 0 Å². The number of piperazine rings is 1. The van der Waals surface area contributed by atoms with Crippen LogP contribution in [0, 0.1) is 0 Å². The van der Waals surface area contributed by atoms with Crippen molar-refractivity contribution >= 4 is 23.4 Å². The number of nitrogens with one attached hydrogen (secondary N) is 1. The summed E-state index contributed by atoms with van der Waals surface area (Å²) in [7, 11) is 1.64. The molecule has 1 saturated heterocycles. The standard InChI is InChI=1S/C14H18ClN3O2/c1-17(10-11-2-4-12(15)5-3-11)13(19)14(20)18-8-6-16-7-9-18/h2-5,16H,6-10H2,1H3. The molecule has 1 aromatic rings. The van der Waals surface area contributed by atoms with Crippen LogP contribution in [-0.2, 0) is 16.1 Å². The molecule has 2 amide bonds. The molecule has 1 N–H and O–H groups in total. The van der Waals surface area contributed by atoms with Crippen LogP contribution in [0.25, 0.3) is 0 Å². The van der Waals surface area contributed by atoms with Crippen molar-refractivity contribution in [2.45, 2.75) is 6.54 Å². The quantitative estimate of drug-likeness (QED) is 0.819. The van der Waals surface area contributed by atoms with Gasteiger partial charge < -0.3 is 15.1 Å². The lowest BCUT2D eigenvalue weighted by Gasteiger charge is -2.28. The maximum atomic E-state index is 12.1. The van der Waals surface area contributed by atoms with Gasteiger partial charge >= 0.3 is 11.8 Å². The van der Waals surface area contributed by atoms with Gasteiger partial charge in [0, 0.05) is 44.8 Å². The highest BCUT2D eigenvalue weighted by Gasteiger charge is 2.25. The summed E-state index contributed by atoms with van der Waals surface area (Å²) in [4.78, 5) is 27.2. The second-order valence-electron chi connectivity index (χ2n) is 4.83. The van der Waals surface area contributed by atoms with Crippen molar-refractivity contribution in [2.24, 2.45) is 0 Å². The number of rotatable bonds is 2. The third kappa shape index (κ3) is 3.71. The van der Waals surface area contributed by atoms with Crippen molar-refractivity contribution in [2.75, 3.05) is 33.2 Å². The minimum absolute atomic E-state index is 0.397. The number of carbonyl (C=O) groups excluding carboxylic acids is 2. The lowest BCUT2D eigenvalue weighted by Crippen LogP contribution is -2.51. The first kappa shape index (κ1) is 14.8. The second kappa shape index (κ2) is 6.72. The molecule has 1 aliphatic heterocycles. The van der Waals surface area contributed by atoms with E-state index in [0.717, 1.165) is 18.7 Å².